The van der Waals surface area contributed by atoms with Gasteiger partial charge in [0.25, 0.3) is 11.5 Å². The van der Waals surface area contributed by atoms with E-state index < -0.39 is 0 Å². The van der Waals surface area contributed by atoms with Gasteiger partial charge in [-0.3, -0.25) is 9.59 Å². The number of carbonyl (C=O) groups excluding carboxylic acids is 1. The Morgan fingerprint density at radius 3 is 2.59 bits per heavy atom. The number of H-pyrrole nitrogens is 1. The molecule has 0 saturated carbocycles. The summed E-state index contributed by atoms with van der Waals surface area (Å²) in [5.74, 6) is 1.41. The minimum atomic E-state index is -0.0673. The molecule has 2 aliphatic heterocycles. The molecule has 2 bridgehead atoms. The number of fused-ring (bicyclic) bond motifs is 4. The SMILES string of the molecule is COc1ccc(C(=O)N2C3CCC2Cc2c(nc(C)[nH]c2=O)C3)c2ccccc12. The van der Waals surface area contributed by atoms with E-state index in [4.69, 9.17) is 4.74 Å². The molecule has 1 aromatic heterocycles. The molecule has 148 valence electrons. The van der Waals surface area contributed by atoms with Crippen molar-refractivity contribution in [1.29, 1.82) is 0 Å². The quantitative estimate of drug-likeness (QED) is 0.731. The Bertz CT molecular complexity index is 1180. The number of carbonyl (C=O) groups is 1. The van der Waals surface area contributed by atoms with Gasteiger partial charge < -0.3 is 14.6 Å². The van der Waals surface area contributed by atoms with Gasteiger partial charge in [0.1, 0.15) is 11.6 Å². The molecule has 1 saturated heterocycles. The van der Waals surface area contributed by atoms with Gasteiger partial charge in [-0.05, 0) is 37.3 Å². The van der Waals surface area contributed by atoms with Gasteiger partial charge in [-0.15, -0.1) is 0 Å². The van der Waals surface area contributed by atoms with Crippen molar-refractivity contribution < 1.29 is 9.53 Å². The summed E-state index contributed by atoms with van der Waals surface area (Å²) in [6.45, 7) is 1.80. The molecule has 5 rings (SSSR count). The number of ether oxygens (including phenoxy) is 1. The van der Waals surface area contributed by atoms with Gasteiger partial charge in [0.2, 0.25) is 0 Å². The van der Waals surface area contributed by atoms with Crippen molar-refractivity contribution in [3.8, 4) is 5.75 Å². The molecule has 2 unspecified atom stereocenters. The van der Waals surface area contributed by atoms with Crippen molar-refractivity contribution in [2.75, 3.05) is 7.11 Å². The van der Waals surface area contributed by atoms with Crippen molar-refractivity contribution in [2.45, 2.75) is 44.7 Å². The van der Waals surface area contributed by atoms with Crippen LogP contribution in [0.15, 0.2) is 41.2 Å². The van der Waals surface area contributed by atoms with E-state index in [1.165, 1.54) is 0 Å². The van der Waals surface area contributed by atoms with E-state index in [0.717, 1.165) is 40.6 Å². The topological polar surface area (TPSA) is 75.3 Å². The first-order valence-corrected chi connectivity index (χ1v) is 10.0. The number of amides is 1. The summed E-state index contributed by atoms with van der Waals surface area (Å²) in [5, 5.41) is 1.82. The molecule has 1 amide bonds. The van der Waals surface area contributed by atoms with Gasteiger partial charge >= 0.3 is 0 Å². The van der Waals surface area contributed by atoms with Crippen molar-refractivity contribution in [3.63, 3.8) is 0 Å². The molecule has 0 aliphatic carbocycles. The van der Waals surface area contributed by atoms with Gasteiger partial charge in [-0.25, -0.2) is 4.98 Å². The largest absolute Gasteiger partial charge is 0.496 e. The average Bonchev–Trinajstić information content (AvgIpc) is 3.02. The second-order valence-electron chi connectivity index (χ2n) is 7.94. The van der Waals surface area contributed by atoms with Crippen LogP contribution >= 0.6 is 0 Å². The molecular formula is C23H23N3O3. The van der Waals surface area contributed by atoms with Crippen molar-refractivity contribution >= 4 is 16.7 Å². The first-order chi connectivity index (χ1) is 14.1. The van der Waals surface area contributed by atoms with Crippen LogP contribution in [0.5, 0.6) is 5.75 Å². The maximum Gasteiger partial charge on any atom is 0.255 e. The third kappa shape index (κ3) is 2.82. The molecule has 3 heterocycles. The molecule has 0 radical (unpaired) electrons. The fourth-order valence-corrected chi connectivity index (χ4v) is 4.98. The number of hydrogen-bond donors (Lipinski definition) is 1. The predicted octanol–water partition coefficient (Wildman–Crippen LogP) is 3.01. The van der Waals surface area contributed by atoms with E-state index in [2.05, 4.69) is 9.97 Å². The lowest BCUT2D eigenvalue weighted by molar-refractivity contribution is 0.0675. The van der Waals surface area contributed by atoms with Crippen molar-refractivity contribution in [2.24, 2.45) is 0 Å². The van der Waals surface area contributed by atoms with Crippen LogP contribution in [0, 0.1) is 6.92 Å². The number of rotatable bonds is 2. The number of methoxy groups -OCH3 is 1. The Labute approximate surface area is 168 Å². The molecule has 6 heteroatoms. The van der Waals surface area contributed by atoms with Gasteiger partial charge in [-0.1, -0.05) is 24.3 Å². The summed E-state index contributed by atoms with van der Waals surface area (Å²) in [5.41, 5.74) is 2.20. The van der Waals surface area contributed by atoms with E-state index in [-0.39, 0.29) is 23.6 Å². The lowest BCUT2D eigenvalue weighted by Gasteiger charge is -2.29. The summed E-state index contributed by atoms with van der Waals surface area (Å²) >= 11 is 0. The van der Waals surface area contributed by atoms with E-state index in [9.17, 15) is 9.59 Å². The second-order valence-corrected chi connectivity index (χ2v) is 7.94. The minimum absolute atomic E-state index is 0.0253. The molecular weight excluding hydrogens is 366 g/mol. The van der Waals surface area contributed by atoms with Gasteiger partial charge in [0, 0.05) is 41.4 Å². The molecule has 29 heavy (non-hydrogen) atoms. The Hall–Kier alpha value is -3.15. The first kappa shape index (κ1) is 17.9. The molecule has 3 aromatic rings. The zero-order valence-electron chi connectivity index (χ0n) is 16.6. The molecule has 2 aromatic carbocycles. The second kappa shape index (κ2) is 6.72. The fourth-order valence-electron chi connectivity index (χ4n) is 4.98. The third-order valence-electron chi connectivity index (χ3n) is 6.28. The van der Waals surface area contributed by atoms with E-state index in [1.54, 1.807) is 14.0 Å². The number of aromatic amines is 1. The van der Waals surface area contributed by atoms with Crippen LogP contribution in [0.1, 0.15) is 40.3 Å². The third-order valence-corrected chi connectivity index (χ3v) is 6.28. The van der Waals surface area contributed by atoms with Crippen LogP contribution in [-0.2, 0) is 12.8 Å². The van der Waals surface area contributed by atoms with Gasteiger partial charge in [-0.2, -0.15) is 0 Å². The Kier molecular flexibility index (Phi) is 4.15. The monoisotopic (exact) mass is 389 g/mol. The van der Waals surface area contributed by atoms with Gasteiger partial charge in [0.05, 0.1) is 12.8 Å². The highest BCUT2D eigenvalue weighted by Gasteiger charge is 2.41. The standard InChI is InChI=1S/C23H23N3O3/c1-13-24-20-12-15-8-7-14(11-19(20)22(27)25-13)26(15)23(28)18-9-10-21(29-2)17-6-4-3-5-16(17)18/h3-6,9-10,14-15H,7-8,11-12H2,1-2H3,(H,24,25,27). The number of nitrogens with one attached hydrogen (secondary N) is 1. The highest BCUT2D eigenvalue weighted by molar-refractivity contribution is 6.09. The van der Waals surface area contributed by atoms with Crippen LogP contribution in [-0.4, -0.2) is 40.0 Å². The summed E-state index contributed by atoms with van der Waals surface area (Å²) in [6.07, 6.45) is 3.05. The number of aryl methyl sites for hydroxylation is 1. The summed E-state index contributed by atoms with van der Waals surface area (Å²) in [4.78, 5) is 35.6. The molecule has 0 spiro atoms. The van der Waals surface area contributed by atoms with Gasteiger partial charge in [0.15, 0.2) is 0 Å². The molecule has 2 aliphatic rings. The average molecular weight is 389 g/mol. The van der Waals surface area contributed by atoms with Crippen LogP contribution in [0.2, 0.25) is 0 Å². The van der Waals surface area contributed by atoms with E-state index in [1.807, 2.05) is 41.3 Å². The Morgan fingerprint density at radius 2 is 1.83 bits per heavy atom. The molecule has 1 fully saturated rings. The maximum absolute atomic E-state index is 13.7. The Balaban J connectivity index is 1.58. The number of nitrogens with zero attached hydrogens (tertiary/aromatic N) is 2. The molecule has 6 nitrogen and oxygen atoms in total. The highest BCUT2D eigenvalue weighted by Crippen LogP contribution is 2.36. The zero-order valence-corrected chi connectivity index (χ0v) is 16.6. The summed E-state index contributed by atoms with van der Waals surface area (Å²) < 4.78 is 5.48. The highest BCUT2D eigenvalue weighted by atomic mass is 16.5. The predicted molar refractivity (Wildman–Crippen MR) is 110 cm³/mol. The van der Waals surface area contributed by atoms with Crippen LogP contribution in [0.4, 0.5) is 0 Å². The van der Waals surface area contributed by atoms with E-state index in [0.29, 0.717) is 24.2 Å². The minimum Gasteiger partial charge on any atom is -0.496 e. The fraction of sp³-hybridized carbons (Fsp3) is 0.348. The van der Waals surface area contributed by atoms with Crippen molar-refractivity contribution in [1.82, 2.24) is 14.9 Å². The Morgan fingerprint density at radius 1 is 1.10 bits per heavy atom. The molecule has 1 N–H and O–H groups in total. The van der Waals surface area contributed by atoms with Crippen LogP contribution < -0.4 is 10.3 Å². The van der Waals surface area contributed by atoms with Crippen LogP contribution in [0.25, 0.3) is 10.8 Å². The lowest BCUT2D eigenvalue weighted by atomic mass is 9.98. The lowest BCUT2D eigenvalue weighted by Crippen LogP contribution is -2.42. The smallest absolute Gasteiger partial charge is 0.255 e. The molecule has 2 atom stereocenters. The van der Waals surface area contributed by atoms with E-state index >= 15 is 0 Å². The number of benzene rings is 2. The number of hydrogen-bond acceptors (Lipinski definition) is 4. The maximum atomic E-state index is 13.7. The van der Waals surface area contributed by atoms with Crippen molar-refractivity contribution in [3.05, 3.63) is 69.4 Å². The summed E-state index contributed by atoms with van der Waals surface area (Å²) in [6, 6.07) is 11.7. The number of aromatic nitrogens is 2. The normalized spacial score (nSPS) is 20.4. The zero-order chi connectivity index (χ0) is 20.1. The van der Waals surface area contributed by atoms with Crippen LogP contribution in [0.3, 0.4) is 0 Å². The summed E-state index contributed by atoms with van der Waals surface area (Å²) in [7, 11) is 1.64. The first-order valence-electron chi connectivity index (χ1n) is 10.0.